The van der Waals surface area contributed by atoms with E-state index in [4.69, 9.17) is 0 Å². The van der Waals surface area contributed by atoms with Crippen LogP contribution in [0.5, 0.6) is 0 Å². The van der Waals surface area contributed by atoms with Crippen molar-refractivity contribution in [2.75, 3.05) is 0 Å². The average molecular weight is 208 g/mol. The van der Waals surface area contributed by atoms with E-state index in [0.29, 0.717) is 12.3 Å². The molecule has 84 valence electrons. The number of carbonyl (C=O) groups excluding carboxylic acids is 1. The van der Waals surface area contributed by atoms with E-state index in [0.717, 1.165) is 5.71 Å². The second-order valence-corrected chi connectivity index (χ2v) is 5.63. The van der Waals surface area contributed by atoms with Crippen molar-refractivity contribution in [2.45, 2.75) is 58.4 Å². The molecule has 0 bridgehead atoms. The van der Waals surface area contributed by atoms with E-state index >= 15 is 0 Å². The molecule has 3 heteroatoms. The van der Waals surface area contributed by atoms with Crippen molar-refractivity contribution in [3.8, 4) is 0 Å². The van der Waals surface area contributed by atoms with Crippen LogP contribution >= 0.6 is 0 Å². The number of rotatable bonds is 1. The van der Waals surface area contributed by atoms with Gasteiger partial charge in [0.05, 0.1) is 17.7 Å². The molecule has 2 rings (SSSR count). The van der Waals surface area contributed by atoms with Gasteiger partial charge in [-0.1, -0.05) is 12.8 Å². The number of carbonyl (C=O) groups is 1. The summed E-state index contributed by atoms with van der Waals surface area (Å²) < 4.78 is 0. The molecule has 0 atom stereocenters. The molecule has 0 unspecified atom stereocenters. The highest BCUT2D eigenvalue weighted by atomic mass is 16.2. The summed E-state index contributed by atoms with van der Waals surface area (Å²) in [6.07, 6.45) is 5.61. The predicted molar refractivity (Wildman–Crippen MR) is 60.6 cm³/mol. The molecule has 15 heavy (non-hydrogen) atoms. The van der Waals surface area contributed by atoms with Crippen molar-refractivity contribution in [3.63, 3.8) is 0 Å². The van der Waals surface area contributed by atoms with Crippen molar-refractivity contribution >= 4 is 11.6 Å². The molecule has 0 N–H and O–H groups in total. The summed E-state index contributed by atoms with van der Waals surface area (Å²) in [6, 6.07) is 0. The molecule has 3 nitrogen and oxygen atoms in total. The van der Waals surface area contributed by atoms with Crippen LogP contribution in [0.15, 0.2) is 5.10 Å². The maximum absolute atomic E-state index is 11.8. The van der Waals surface area contributed by atoms with Crippen LogP contribution < -0.4 is 0 Å². The first-order chi connectivity index (χ1) is 6.98. The highest BCUT2D eigenvalue weighted by molar-refractivity contribution is 6.06. The quantitative estimate of drug-likeness (QED) is 0.652. The molecular weight excluding hydrogens is 188 g/mol. The molecule has 1 amide bonds. The van der Waals surface area contributed by atoms with Crippen LogP contribution in [0.2, 0.25) is 0 Å². The van der Waals surface area contributed by atoms with Gasteiger partial charge < -0.3 is 0 Å². The van der Waals surface area contributed by atoms with Gasteiger partial charge in [-0.2, -0.15) is 5.10 Å². The van der Waals surface area contributed by atoms with Crippen molar-refractivity contribution in [1.82, 2.24) is 5.01 Å². The number of amides is 1. The zero-order chi connectivity index (χ0) is 11.1. The molecule has 2 aliphatic rings. The first-order valence-electron chi connectivity index (χ1n) is 5.89. The topological polar surface area (TPSA) is 32.7 Å². The standard InChI is InChI=1S/C12H20N2O/c1-12(2,3)14-11(15)8-10(13-14)9-6-4-5-7-9/h9H,4-8H2,1-3H3. The van der Waals surface area contributed by atoms with E-state index in [1.54, 1.807) is 5.01 Å². The van der Waals surface area contributed by atoms with Gasteiger partial charge in [0, 0.05) is 0 Å². The Labute approximate surface area is 91.5 Å². The number of hydrogen-bond acceptors (Lipinski definition) is 2. The summed E-state index contributed by atoms with van der Waals surface area (Å²) in [5, 5.41) is 6.19. The van der Waals surface area contributed by atoms with Crippen LogP contribution in [0, 0.1) is 5.92 Å². The Morgan fingerprint density at radius 2 is 1.87 bits per heavy atom. The molecule has 1 aliphatic heterocycles. The zero-order valence-corrected chi connectivity index (χ0v) is 9.92. The fraction of sp³-hybridized carbons (Fsp3) is 0.833. The van der Waals surface area contributed by atoms with Gasteiger partial charge in [0.1, 0.15) is 0 Å². The van der Waals surface area contributed by atoms with Crippen LogP contribution in [-0.2, 0) is 4.79 Å². The van der Waals surface area contributed by atoms with Gasteiger partial charge in [-0.25, -0.2) is 5.01 Å². The summed E-state index contributed by atoms with van der Waals surface area (Å²) in [6.45, 7) is 6.10. The fourth-order valence-corrected chi connectivity index (χ4v) is 2.46. The SMILES string of the molecule is CC(C)(C)N1N=C(C2CCCC2)CC1=O. The van der Waals surface area contributed by atoms with E-state index in [1.165, 1.54) is 25.7 Å². The lowest BCUT2D eigenvalue weighted by Crippen LogP contribution is -2.38. The van der Waals surface area contributed by atoms with E-state index in [1.807, 2.05) is 20.8 Å². The molecule has 1 fully saturated rings. The third-order valence-corrected chi connectivity index (χ3v) is 3.26. The summed E-state index contributed by atoms with van der Waals surface area (Å²) >= 11 is 0. The van der Waals surface area contributed by atoms with E-state index in [2.05, 4.69) is 5.10 Å². The van der Waals surface area contributed by atoms with Crippen molar-refractivity contribution in [1.29, 1.82) is 0 Å². The first kappa shape index (κ1) is 10.7. The van der Waals surface area contributed by atoms with Crippen molar-refractivity contribution < 1.29 is 4.79 Å². The van der Waals surface area contributed by atoms with Gasteiger partial charge in [-0.15, -0.1) is 0 Å². The molecular formula is C12H20N2O. The van der Waals surface area contributed by atoms with Crippen molar-refractivity contribution in [3.05, 3.63) is 0 Å². The summed E-state index contributed by atoms with van der Waals surface area (Å²) in [4.78, 5) is 11.8. The second-order valence-electron chi connectivity index (χ2n) is 5.63. The minimum Gasteiger partial charge on any atom is -0.273 e. The van der Waals surface area contributed by atoms with Gasteiger partial charge in [-0.05, 0) is 39.5 Å². The Balaban J connectivity index is 2.12. The maximum Gasteiger partial charge on any atom is 0.248 e. The minimum atomic E-state index is -0.169. The molecule has 1 saturated carbocycles. The molecule has 1 heterocycles. The largest absolute Gasteiger partial charge is 0.273 e. The molecule has 0 aromatic rings. The zero-order valence-electron chi connectivity index (χ0n) is 9.92. The van der Waals surface area contributed by atoms with Crippen LogP contribution in [0.1, 0.15) is 52.9 Å². The first-order valence-corrected chi connectivity index (χ1v) is 5.89. The second kappa shape index (κ2) is 3.62. The summed E-state index contributed by atoms with van der Waals surface area (Å²) in [5.41, 5.74) is 0.963. The fourth-order valence-electron chi connectivity index (χ4n) is 2.46. The van der Waals surface area contributed by atoms with Gasteiger partial charge in [-0.3, -0.25) is 4.79 Å². The molecule has 0 aromatic heterocycles. The van der Waals surface area contributed by atoms with E-state index in [9.17, 15) is 4.79 Å². The number of nitrogens with zero attached hydrogens (tertiary/aromatic N) is 2. The van der Waals surface area contributed by atoms with Crippen LogP contribution in [-0.4, -0.2) is 22.2 Å². The molecule has 0 aromatic carbocycles. The molecule has 0 radical (unpaired) electrons. The molecule has 0 spiro atoms. The van der Waals surface area contributed by atoms with Crippen LogP contribution in [0.25, 0.3) is 0 Å². The smallest absolute Gasteiger partial charge is 0.248 e. The van der Waals surface area contributed by atoms with E-state index < -0.39 is 0 Å². The lowest BCUT2D eigenvalue weighted by Gasteiger charge is -2.27. The Kier molecular flexibility index (Phi) is 2.57. The van der Waals surface area contributed by atoms with Crippen LogP contribution in [0.4, 0.5) is 0 Å². The van der Waals surface area contributed by atoms with Crippen molar-refractivity contribution in [2.24, 2.45) is 11.0 Å². The van der Waals surface area contributed by atoms with Crippen LogP contribution in [0.3, 0.4) is 0 Å². The third kappa shape index (κ3) is 2.06. The monoisotopic (exact) mass is 208 g/mol. The Morgan fingerprint density at radius 1 is 1.27 bits per heavy atom. The van der Waals surface area contributed by atoms with Gasteiger partial charge in [0.2, 0.25) is 5.91 Å². The van der Waals surface area contributed by atoms with E-state index in [-0.39, 0.29) is 11.4 Å². The normalized spacial score (nSPS) is 23.8. The summed E-state index contributed by atoms with van der Waals surface area (Å²) in [5.74, 6) is 0.755. The van der Waals surface area contributed by atoms with Gasteiger partial charge in [0.25, 0.3) is 0 Å². The maximum atomic E-state index is 11.8. The number of hydrazone groups is 1. The lowest BCUT2D eigenvalue weighted by atomic mass is 9.99. The highest BCUT2D eigenvalue weighted by Gasteiger charge is 2.35. The molecule has 1 aliphatic carbocycles. The average Bonchev–Trinajstić information content (AvgIpc) is 2.68. The minimum absolute atomic E-state index is 0.169. The number of hydrogen-bond donors (Lipinski definition) is 0. The molecule has 0 saturated heterocycles. The Morgan fingerprint density at radius 3 is 2.33 bits per heavy atom. The predicted octanol–water partition coefficient (Wildman–Crippen LogP) is 2.56. The highest BCUT2D eigenvalue weighted by Crippen LogP contribution is 2.31. The Hall–Kier alpha value is -0.860. The van der Waals surface area contributed by atoms with Gasteiger partial charge in [0.15, 0.2) is 0 Å². The lowest BCUT2D eigenvalue weighted by molar-refractivity contribution is -0.133. The summed E-state index contributed by atoms with van der Waals surface area (Å²) in [7, 11) is 0. The van der Waals surface area contributed by atoms with Gasteiger partial charge >= 0.3 is 0 Å². The third-order valence-electron chi connectivity index (χ3n) is 3.26. The Bertz CT molecular complexity index is 295.